The molecule has 2 aromatic rings. The molecule has 1 aromatic carbocycles. The average Bonchev–Trinajstić information content (AvgIpc) is 2.99. The van der Waals surface area contributed by atoms with Crippen LogP contribution in [0.25, 0.3) is 0 Å². The molecular formula is C16H19N3OS. The van der Waals surface area contributed by atoms with Gasteiger partial charge in [-0.2, -0.15) is 0 Å². The van der Waals surface area contributed by atoms with Crippen molar-refractivity contribution in [2.24, 2.45) is 0 Å². The molecule has 0 bridgehead atoms. The van der Waals surface area contributed by atoms with Crippen molar-refractivity contribution in [3.63, 3.8) is 0 Å². The standard InChI is InChI=1S/C16H19N3OS/c1-2-18-10-8-17-16(18)21-12-15(20)19-9-7-13-5-3-4-6-14(13)11-19/h3-6,8,10H,2,7,9,11-12H2,1H3. The first kappa shape index (κ1) is 14.2. The van der Waals surface area contributed by atoms with Crippen LogP contribution in [0.4, 0.5) is 0 Å². The predicted octanol–water partition coefficient (Wildman–Crippen LogP) is 2.58. The number of carbonyl (C=O) groups excluding carboxylic acids is 1. The highest BCUT2D eigenvalue weighted by Gasteiger charge is 2.20. The van der Waals surface area contributed by atoms with Crippen molar-refractivity contribution in [1.29, 1.82) is 0 Å². The molecule has 0 saturated carbocycles. The molecule has 110 valence electrons. The minimum absolute atomic E-state index is 0.195. The van der Waals surface area contributed by atoms with Crippen molar-refractivity contribution in [3.8, 4) is 0 Å². The SMILES string of the molecule is CCn1ccnc1SCC(=O)N1CCc2ccccc2C1. The Balaban J connectivity index is 1.60. The Kier molecular flexibility index (Phi) is 4.29. The summed E-state index contributed by atoms with van der Waals surface area (Å²) >= 11 is 1.52. The van der Waals surface area contributed by atoms with E-state index in [0.717, 1.165) is 31.2 Å². The Bertz CT molecular complexity index is 638. The molecule has 1 amide bonds. The average molecular weight is 301 g/mol. The summed E-state index contributed by atoms with van der Waals surface area (Å²) < 4.78 is 2.06. The lowest BCUT2D eigenvalue weighted by Crippen LogP contribution is -2.37. The monoisotopic (exact) mass is 301 g/mol. The van der Waals surface area contributed by atoms with Gasteiger partial charge in [0, 0.05) is 32.0 Å². The molecule has 0 aliphatic carbocycles. The van der Waals surface area contributed by atoms with Crippen LogP contribution in [0.2, 0.25) is 0 Å². The minimum Gasteiger partial charge on any atom is -0.337 e. The van der Waals surface area contributed by atoms with Crippen LogP contribution < -0.4 is 0 Å². The highest BCUT2D eigenvalue weighted by Crippen LogP contribution is 2.21. The van der Waals surface area contributed by atoms with Crippen molar-refractivity contribution >= 4 is 17.7 Å². The van der Waals surface area contributed by atoms with E-state index in [4.69, 9.17) is 0 Å². The summed E-state index contributed by atoms with van der Waals surface area (Å²) in [6.07, 6.45) is 4.69. The lowest BCUT2D eigenvalue weighted by Gasteiger charge is -2.28. The van der Waals surface area contributed by atoms with E-state index >= 15 is 0 Å². The molecule has 0 spiro atoms. The maximum Gasteiger partial charge on any atom is 0.233 e. The number of carbonyl (C=O) groups is 1. The Labute approximate surface area is 129 Å². The lowest BCUT2D eigenvalue weighted by atomic mass is 10.00. The largest absolute Gasteiger partial charge is 0.337 e. The fraction of sp³-hybridized carbons (Fsp3) is 0.375. The molecule has 0 radical (unpaired) electrons. The van der Waals surface area contributed by atoms with E-state index in [1.807, 2.05) is 17.2 Å². The number of thioether (sulfide) groups is 1. The third kappa shape index (κ3) is 3.13. The molecule has 1 aliphatic rings. The number of hydrogen-bond acceptors (Lipinski definition) is 3. The number of rotatable bonds is 4. The molecule has 0 saturated heterocycles. The van der Waals surface area contributed by atoms with Crippen molar-refractivity contribution in [3.05, 3.63) is 47.8 Å². The second kappa shape index (κ2) is 6.35. The number of nitrogens with zero attached hydrogens (tertiary/aromatic N) is 3. The van der Waals surface area contributed by atoms with Crippen molar-refractivity contribution < 1.29 is 4.79 Å². The zero-order chi connectivity index (χ0) is 14.7. The van der Waals surface area contributed by atoms with Gasteiger partial charge < -0.3 is 9.47 Å². The van der Waals surface area contributed by atoms with Gasteiger partial charge in [0.15, 0.2) is 5.16 Å². The van der Waals surface area contributed by atoms with Gasteiger partial charge in [-0.3, -0.25) is 4.79 Å². The summed E-state index contributed by atoms with van der Waals surface area (Å²) in [5, 5.41) is 0.920. The molecule has 0 N–H and O–H groups in total. The van der Waals surface area contributed by atoms with Crippen molar-refractivity contribution in [2.45, 2.75) is 31.6 Å². The van der Waals surface area contributed by atoms with E-state index in [1.165, 1.54) is 22.9 Å². The second-order valence-corrected chi connectivity index (χ2v) is 6.06. The third-order valence-corrected chi connectivity index (χ3v) is 4.82. The van der Waals surface area contributed by atoms with E-state index in [2.05, 4.69) is 34.7 Å². The first-order valence-corrected chi connectivity index (χ1v) is 8.25. The summed E-state index contributed by atoms with van der Waals surface area (Å²) in [6, 6.07) is 8.38. The number of fused-ring (bicyclic) bond motifs is 1. The number of hydrogen-bond donors (Lipinski definition) is 0. The maximum absolute atomic E-state index is 12.4. The van der Waals surface area contributed by atoms with Crippen LogP contribution in [-0.4, -0.2) is 32.7 Å². The molecule has 21 heavy (non-hydrogen) atoms. The van der Waals surface area contributed by atoms with Crippen molar-refractivity contribution in [1.82, 2.24) is 14.5 Å². The first-order valence-electron chi connectivity index (χ1n) is 7.26. The topological polar surface area (TPSA) is 38.1 Å². The number of aromatic nitrogens is 2. The van der Waals surface area contributed by atoms with Gasteiger partial charge in [0.1, 0.15) is 0 Å². The van der Waals surface area contributed by atoms with E-state index in [0.29, 0.717) is 5.75 Å². The van der Waals surface area contributed by atoms with Gasteiger partial charge in [-0.1, -0.05) is 36.0 Å². The summed E-state index contributed by atoms with van der Waals surface area (Å²) in [7, 11) is 0. The number of amides is 1. The smallest absolute Gasteiger partial charge is 0.233 e. The van der Waals surface area contributed by atoms with Gasteiger partial charge in [0.2, 0.25) is 5.91 Å². The first-order chi connectivity index (χ1) is 10.3. The van der Waals surface area contributed by atoms with Crippen LogP contribution in [-0.2, 0) is 24.3 Å². The van der Waals surface area contributed by atoms with Crippen LogP contribution in [0.15, 0.2) is 41.8 Å². The minimum atomic E-state index is 0.195. The Morgan fingerprint density at radius 2 is 2.14 bits per heavy atom. The Hall–Kier alpha value is -1.75. The van der Waals surface area contributed by atoms with E-state index in [9.17, 15) is 4.79 Å². The zero-order valence-electron chi connectivity index (χ0n) is 12.2. The normalized spacial score (nSPS) is 14.0. The van der Waals surface area contributed by atoms with Crippen LogP contribution in [0.1, 0.15) is 18.1 Å². The quantitative estimate of drug-likeness (QED) is 0.815. The summed E-state index contributed by atoms with van der Waals surface area (Å²) in [4.78, 5) is 18.6. The van der Waals surface area contributed by atoms with Gasteiger partial charge >= 0.3 is 0 Å². The summed E-state index contributed by atoms with van der Waals surface area (Å²) in [5.41, 5.74) is 2.65. The predicted molar refractivity (Wildman–Crippen MR) is 84.2 cm³/mol. The summed E-state index contributed by atoms with van der Waals surface area (Å²) in [6.45, 7) is 4.51. The molecule has 2 heterocycles. The van der Waals surface area contributed by atoms with E-state index in [1.54, 1.807) is 6.20 Å². The molecule has 0 fully saturated rings. The maximum atomic E-state index is 12.4. The number of benzene rings is 1. The molecule has 5 heteroatoms. The van der Waals surface area contributed by atoms with Gasteiger partial charge in [0.25, 0.3) is 0 Å². The molecule has 0 unspecified atom stereocenters. The molecular weight excluding hydrogens is 282 g/mol. The van der Waals surface area contributed by atoms with E-state index < -0.39 is 0 Å². The second-order valence-electron chi connectivity index (χ2n) is 5.12. The fourth-order valence-electron chi connectivity index (χ4n) is 2.60. The van der Waals surface area contributed by atoms with Gasteiger partial charge in [-0.15, -0.1) is 0 Å². The highest BCUT2D eigenvalue weighted by molar-refractivity contribution is 7.99. The fourth-order valence-corrected chi connectivity index (χ4v) is 3.53. The highest BCUT2D eigenvalue weighted by atomic mass is 32.2. The Morgan fingerprint density at radius 1 is 1.33 bits per heavy atom. The van der Waals surface area contributed by atoms with Crippen LogP contribution in [0.5, 0.6) is 0 Å². The molecule has 1 aliphatic heterocycles. The lowest BCUT2D eigenvalue weighted by molar-refractivity contribution is -0.129. The zero-order valence-corrected chi connectivity index (χ0v) is 13.0. The van der Waals surface area contributed by atoms with Crippen LogP contribution in [0, 0.1) is 0 Å². The summed E-state index contributed by atoms with van der Waals surface area (Å²) in [5.74, 6) is 0.652. The molecule has 4 nitrogen and oxygen atoms in total. The number of imidazole rings is 1. The molecule has 0 atom stereocenters. The van der Waals surface area contributed by atoms with Gasteiger partial charge in [0.05, 0.1) is 5.75 Å². The molecule has 1 aromatic heterocycles. The van der Waals surface area contributed by atoms with Crippen molar-refractivity contribution in [2.75, 3.05) is 12.3 Å². The van der Waals surface area contributed by atoms with Gasteiger partial charge in [-0.05, 0) is 24.5 Å². The Morgan fingerprint density at radius 3 is 2.95 bits per heavy atom. The van der Waals surface area contributed by atoms with E-state index in [-0.39, 0.29) is 5.91 Å². The number of aryl methyl sites for hydroxylation is 1. The van der Waals surface area contributed by atoms with Crippen LogP contribution in [0.3, 0.4) is 0 Å². The third-order valence-electron chi connectivity index (χ3n) is 3.83. The molecule has 3 rings (SSSR count). The van der Waals surface area contributed by atoms with Gasteiger partial charge in [-0.25, -0.2) is 4.98 Å². The van der Waals surface area contributed by atoms with Crippen LogP contribution >= 0.6 is 11.8 Å².